The Balaban J connectivity index is 1.43. The largest absolute Gasteiger partial charge is 0.373 e. The van der Waals surface area contributed by atoms with Gasteiger partial charge in [-0.2, -0.15) is 0 Å². The summed E-state index contributed by atoms with van der Waals surface area (Å²) in [7, 11) is 0. The maximum atomic E-state index is 6.06. The summed E-state index contributed by atoms with van der Waals surface area (Å²) in [6, 6.07) is 12.5. The molecule has 2 aliphatic rings. The van der Waals surface area contributed by atoms with Gasteiger partial charge < -0.3 is 10.1 Å². The fourth-order valence-electron chi connectivity index (χ4n) is 3.31. The number of hydrogen-bond donors (Lipinski definition) is 1. The summed E-state index contributed by atoms with van der Waals surface area (Å²) in [6.45, 7) is 1.75. The molecular formula is C19H23N3O. The first kappa shape index (κ1) is 14.6. The monoisotopic (exact) mass is 309 g/mol. The van der Waals surface area contributed by atoms with Crippen molar-refractivity contribution in [2.24, 2.45) is 5.92 Å². The van der Waals surface area contributed by atoms with Gasteiger partial charge in [-0.1, -0.05) is 30.3 Å². The van der Waals surface area contributed by atoms with Gasteiger partial charge in [0, 0.05) is 31.2 Å². The van der Waals surface area contributed by atoms with E-state index in [2.05, 4.69) is 45.6 Å². The molecule has 23 heavy (non-hydrogen) atoms. The van der Waals surface area contributed by atoms with Crippen molar-refractivity contribution in [2.45, 2.75) is 37.7 Å². The zero-order valence-electron chi connectivity index (χ0n) is 13.3. The van der Waals surface area contributed by atoms with E-state index in [0.717, 1.165) is 31.2 Å². The van der Waals surface area contributed by atoms with Crippen LogP contribution in [0.25, 0.3) is 0 Å². The SMILES string of the molecule is c1ccc(C2OCCCC2CNc2ccnc(C3CC3)n2)cc1. The quantitative estimate of drug-likeness (QED) is 0.909. The molecule has 2 heterocycles. The molecule has 4 rings (SSSR count). The molecule has 4 heteroatoms. The van der Waals surface area contributed by atoms with Gasteiger partial charge in [0.1, 0.15) is 11.6 Å². The second kappa shape index (κ2) is 6.67. The second-order valence-corrected chi connectivity index (χ2v) is 6.56. The maximum absolute atomic E-state index is 6.06. The lowest BCUT2D eigenvalue weighted by molar-refractivity contribution is -0.0238. The van der Waals surface area contributed by atoms with Crippen molar-refractivity contribution in [2.75, 3.05) is 18.5 Å². The number of rotatable bonds is 5. The van der Waals surface area contributed by atoms with Gasteiger partial charge in [0.05, 0.1) is 6.10 Å². The van der Waals surface area contributed by atoms with E-state index in [1.165, 1.54) is 24.8 Å². The minimum Gasteiger partial charge on any atom is -0.373 e. The second-order valence-electron chi connectivity index (χ2n) is 6.56. The van der Waals surface area contributed by atoms with Crippen molar-refractivity contribution in [1.82, 2.24) is 9.97 Å². The average Bonchev–Trinajstić information content (AvgIpc) is 3.46. The molecule has 4 nitrogen and oxygen atoms in total. The summed E-state index contributed by atoms with van der Waals surface area (Å²) < 4.78 is 6.06. The molecule has 1 saturated carbocycles. The van der Waals surface area contributed by atoms with Crippen molar-refractivity contribution in [1.29, 1.82) is 0 Å². The molecule has 2 atom stereocenters. The predicted octanol–water partition coefficient (Wildman–Crippen LogP) is 3.93. The molecule has 0 spiro atoms. The fraction of sp³-hybridized carbons (Fsp3) is 0.474. The molecule has 1 aromatic carbocycles. The van der Waals surface area contributed by atoms with E-state index in [9.17, 15) is 0 Å². The number of nitrogens with one attached hydrogen (secondary N) is 1. The van der Waals surface area contributed by atoms with Gasteiger partial charge in [-0.05, 0) is 37.3 Å². The van der Waals surface area contributed by atoms with Gasteiger partial charge in [0.2, 0.25) is 0 Å². The number of nitrogens with zero attached hydrogens (tertiary/aromatic N) is 2. The summed E-state index contributed by atoms with van der Waals surface area (Å²) in [5.41, 5.74) is 1.28. The van der Waals surface area contributed by atoms with Crippen molar-refractivity contribution < 1.29 is 4.74 Å². The topological polar surface area (TPSA) is 47.0 Å². The maximum Gasteiger partial charge on any atom is 0.133 e. The Morgan fingerprint density at radius 1 is 1.09 bits per heavy atom. The van der Waals surface area contributed by atoms with Crippen LogP contribution in [-0.2, 0) is 4.74 Å². The number of hydrogen-bond acceptors (Lipinski definition) is 4. The van der Waals surface area contributed by atoms with Crippen LogP contribution < -0.4 is 5.32 Å². The first-order chi connectivity index (χ1) is 11.4. The standard InChI is InChI=1S/C19H23N3O/c1-2-5-14(6-3-1)18-16(7-4-12-23-18)13-21-17-10-11-20-19(22-17)15-8-9-15/h1-3,5-6,10-11,15-16,18H,4,7-9,12-13H2,(H,20,21,22). The van der Waals surface area contributed by atoms with E-state index in [1.807, 2.05) is 12.3 Å². The van der Waals surface area contributed by atoms with Crippen LogP contribution in [0.2, 0.25) is 0 Å². The lowest BCUT2D eigenvalue weighted by atomic mass is 9.89. The van der Waals surface area contributed by atoms with Gasteiger partial charge >= 0.3 is 0 Å². The molecule has 0 radical (unpaired) electrons. The summed E-state index contributed by atoms with van der Waals surface area (Å²) in [6.07, 6.45) is 6.84. The van der Waals surface area contributed by atoms with E-state index in [1.54, 1.807) is 0 Å². The minimum atomic E-state index is 0.183. The van der Waals surface area contributed by atoms with E-state index in [0.29, 0.717) is 11.8 Å². The normalized spacial score (nSPS) is 24.3. The Morgan fingerprint density at radius 3 is 2.78 bits per heavy atom. The highest BCUT2D eigenvalue weighted by molar-refractivity contribution is 5.34. The zero-order valence-corrected chi connectivity index (χ0v) is 13.3. The van der Waals surface area contributed by atoms with Crippen LogP contribution in [0.4, 0.5) is 5.82 Å². The van der Waals surface area contributed by atoms with Gasteiger partial charge in [-0.15, -0.1) is 0 Å². The van der Waals surface area contributed by atoms with E-state index in [4.69, 9.17) is 4.74 Å². The molecule has 1 saturated heterocycles. The van der Waals surface area contributed by atoms with Crippen molar-refractivity contribution >= 4 is 5.82 Å². The molecule has 0 amide bonds. The molecule has 2 aromatic rings. The third-order valence-corrected chi connectivity index (χ3v) is 4.74. The molecule has 2 unspecified atom stereocenters. The summed E-state index contributed by atoms with van der Waals surface area (Å²) in [5.74, 6) is 3.01. The first-order valence-corrected chi connectivity index (χ1v) is 8.63. The zero-order chi connectivity index (χ0) is 15.5. The van der Waals surface area contributed by atoms with Crippen molar-refractivity contribution in [3.63, 3.8) is 0 Å². The fourth-order valence-corrected chi connectivity index (χ4v) is 3.31. The molecule has 1 aromatic heterocycles. The third-order valence-electron chi connectivity index (χ3n) is 4.74. The van der Waals surface area contributed by atoms with Crippen LogP contribution in [-0.4, -0.2) is 23.1 Å². The molecule has 120 valence electrons. The van der Waals surface area contributed by atoms with Crippen LogP contribution in [0.15, 0.2) is 42.6 Å². The Kier molecular flexibility index (Phi) is 4.24. The summed E-state index contributed by atoms with van der Waals surface area (Å²) >= 11 is 0. The van der Waals surface area contributed by atoms with E-state index < -0.39 is 0 Å². The Hall–Kier alpha value is -1.94. The lowest BCUT2D eigenvalue weighted by Gasteiger charge is -2.32. The first-order valence-electron chi connectivity index (χ1n) is 8.63. The van der Waals surface area contributed by atoms with Crippen LogP contribution in [0.5, 0.6) is 0 Å². The third kappa shape index (κ3) is 3.53. The molecule has 1 aliphatic heterocycles. The highest BCUT2D eigenvalue weighted by Gasteiger charge is 2.28. The molecule has 0 bridgehead atoms. The van der Waals surface area contributed by atoms with E-state index in [-0.39, 0.29) is 6.10 Å². The summed E-state index contributed by atoms with van der Waals surface area (Å²) in [4.78, 5) is 9.04. The van der Waals surface area contributed by atoms with Crippen molar-refractivity contribution in [3.8, 4) is 0 Å². The van der Waals surface area contributed by atoms with Crippen LogP contribution >= 0.6 is 0 Å². The highest BCUT2D eigenvalue weighted by Crippen LogP contribution is 2.38. The molecule has 1 N–H and O–H groups in total. The number of benzene rings is 1. The van der Waals surface area contributed by atoms with E-state index >= 15 is 0 Å². The van der Waals surface area contributed by atoms with Gasteiger partial charge in [0.15, 0.2) is 0 Å². The van der Waals surface area contributed by atoms with Gasteiger partial charge in [-0.25, -0.2) is 9.97 Å². The smallest absolute Gasteiger partial charge is 0.133 e. The number of aromatic nitrogens is 2. The van der Waals surface area contributed by atoms with Gasteiger partial charge in [0.25, 0.3) is 0 Å². The highest BCUT2D eigenvalue weighted by atomic mass is 16.5. The number of anilines is 1. The average molecular weight is 309 g/mol. The van der Waals surface area contributed by atoms with Crippen LogP contribution in [0, 0.1) is 5.92 Å². The number of ether oxygens (including phenoxy) is 1. The van der Waals surface area contributed by atoms with Crippen LogP contribution in [0.1, 0.15) is 49.1 Å². The van der Waals surface area contributed by atoms with Crippen molar-refractivity contribution in [3.05, 3.63) is 54.0 Å². The Bertz CT molecular complexity index is 642. The van der Waals surface area contributed by atoms with Crippen LogP contribution in [0.3, 0.4) is 0 Å². The minimum absolute atomic E-state index is 0.183. The Labute approximate surface area is 137 Å². The molecule has 1 aliphatic carbocycles. The molecule has 2 fully saturated rings. The summed E-state index contributed by atoms with van der Waals surface area (Å²) in [5, 5.41) is 3.51. The van der Waals surface area contributed by atoms with Gasteiger partial charge in [-0.3, -0.25) is 0 Å². The lowest BCUT2D eigenvalue weighted by Crippen LogP contribution is -2.28. The predicted molar refractivity (Wildman–Crippen MR) is 90.4 cm³/mol. The molecular weight excluding hydrogens is 286 g/mol. The Morgan fingerprint density at radius 2 is 1.96 bits per heavy atom.